The van der Waals surface area contributed by atoms with E-state index in [2.05, 4.69) is 76.7 Å². The summed E-state index contributed by atoms with van der Waals surface area (Å²) in [5, 5.41) is 0. The first-order valence-corrected chi connectivity index (χ1v) is 6.60. The van der Waals surface area contributed by atoms with Crippen LogP contribution in [0, 0.1) is 0 Å². The van der Waals surface area contributed by atoms with Crippen molar-refractivity contribution in [3.63, 3.8) is 0 Å². The standard InChI is InChI=1S/C17H13.Fe/c1-3-8-14(9-4-1)16-12-7-13-17(16)15-10-5-2-6-11-15;/h1-6,8-12H,7H2;. The van der Waals surface area contributed by atoms with Gasteiger partial charge in [-0.15, -0.1) is 0 Å². The van der Waals surface area contributed by atoms with Crippen molar-refractivity contribution in [2.75, 3.05) is 0 Å². The van der Waals surface area contributed by atoms with Gasteiger partial charge >= 0.3 is 116 Å². The van der Waals surface area contributed by atoms with Gasteiger partial charge in [-0.3, -0.25) is 0 Å². The number of benzene rings is 2. The number of hydrogen-bond acceptors (Lipinski definition) is 0. The van der Waals surface area contributed by atoms with Crippen LogP contribution < -0.4 is 0 Å². The monoisotopic (exact) mass is 273 g/mol. The molecule has 0 aromatic heterocycles. The summed E-state index contributed by atoms with van der Waals surface area (Å²) >= 11 is 4.20. The molecule has 0 nitrogen and oxygen atoms in total. The number of hydrogen-bond donors (Lipinski definition) is 0. The molecule has 2 aromatic carbocycles. The molecule has 18 heavy (non-hydrogen) atoms. The molecule has 0 saturated heterocycles. The normalized spacial score (nSPS) is 14.8. The fourth-order valence-electron chi connectivity index (χ4n) is 2.33. The molecule has 89 valence electrons. The van der Waals surface area contributed by atoms with E-state index in [9.17, 15) is 0 Å². The van der Waals surface area contributed by atoms with Gasteiger partial charge in [-0.25, -0.2) is 0 Å². The van der Waals surface area contributed by atoms with Crippen LogP contribution in [0.3, 0.4) is 0 Å². The Kier molecular flexibility index (Phi) is 3.18. The second-order valence-electron chi connectivity index (χ2n) is 4.32. The second-order valence-corrected chi connectivity index (χ2v) is 4.99. The van der Waals surface area contributed by atoms with Crippen molar-refractivity contribution >= 4 is 11.1 Å². The van der Waals surface area contributed by atoms with Crippen molar-refractivity contribution in [1.29, 1.82) is 0 Å². The Balaban J connectivity index is 2.08. The fourth-order valence-corrected chi connectivity index (χ4v) is 2.75. The zero-order valence-electron chi connectivity index (χ0n) is 9.91. The van der Waals surface area contributed by atoms with Gasteiger partial charge in [0.15, 0.2) is 0 Å². The summed E-state index contributed by atoms with van der Waals surface area (Å²) in [4.78, 5) is 0. The molecule has 2 aromatic rings. The second kappa shape index (κ2) is 4.97. The minimum absolute atomic E-state index is 0.953. The van der Waals surface area contributed by atoms with E-state index >= 15 is 0 Å². The third-order valence-electron chi connectivity index (χ3n) is 3.16. The number of rotatable bonds is 2. The van der Waals surface area contributed by atoms with E-state index in [0.717, 1.165) is 6.42 Å². The summed E-state index contributed by atoms with van der Waals surface area (Å²) in [5.74, 6) is 0. The van der Waals surface area contributed by atoms with Crippen LogP contribution in [-0.2, 0) is 16.0 Å². The molecular formula is C17H13Fe. The molecule has 0 amide bonds. The summed E-state index contributed by atoms with van der Waals surface area (Å²) in [6.45, 7) is 0. The van der Waals surface area contributed by atoms with Crippen molar-refractivity contribution < 1.29 is 16.0 Å². The maximum atomic E-state index is 4.20. The zero-order chi connectivity index (χ0) is 12.4. The van der Waals surface area contributed by atoms with Gasteiger partial charge < -0.3 is 0 Å². The Morgan fingerprint density at radius 2 is 1.28 bits per heavy atom. The van der Waals surface area contributed by atoms with Crippen LogP contribution in [0.25, 0.3) is 11.1 Å². The van der Waals surface area contributed by atoms with Gasteiger partial charge in [0.05, 0.1) is 0 Å². The maximum absolute atomic E-state index is 4.20. The van der Waals surface area contributed by atoms with Crippen LogP contribution >= 0.6 is 0 Å². The molecule has 0 unspecified atom stereocenters. The van der Waals surface area contributed by atoms with E-state index in [1.54, 1.807) is 0 Å². The molecule has 0 N–H and O–H groups in total. The fraction of sp³-hybridized carbons (Fsp3) is 0.0588. The van der Waals surface area contributed by atoms with Crippen LogP contribution in [0.5, 0.6) is 0 Å². The van der Waals surface area contributed by atoms with Crippen molar-refractivity contribution in [3.05, 3.63) is 82.3 Å². The predicted octanol–water partition coefficient (Wildman–Crippen LogP) is 4.43. The van der Waals surface area contributed by atoms with E-state index in [-0.39, 0.29) is 0 Å². The molecule has 0 heterocycles. The van der Waals surface area contributed by atoms with E-state index in [1.807, 2.05) is 6.07 Å². The molecule has 0 fully saturated rings. The van der Waals surface area contributed by atoms with Gasteiger partial charge in [-0.1, -0.05) is 0 Å². The van der Waals surface area contributed by atoms with Crippen LogP contribution in [0.4, 0.5) is 0 Å². The van der Waals surface area contributed by atoms with Crippen molar-refractivity contribution in [1.82, 2.24) is 0 Å². The third kappa shape index (κ3) is 2.08. The molecule has 0 radical (unpaired) electrons. The van der Waals surface area contributed by atoms with Gasteiger partial charge in [-0.2, -0.15) is 0 Å². The average Bonchev–Trinajstić information content (AvgIpc) is 2.83. The Morgan fingerprint density at radius 1 is 0.722 bits per heavy atom. The van der Waals surface area contributed by atoms with E-state index < -0.39 is 0 Å². The molecule has 1 aliphatic carbocycles. The Hall–Kier alpha value is -1.56. The minimum atomic E-state index is 0.953. The average molecular weight is 273 g/mol. The first-order valence-electron chi connectivity index (χ1n) is 6.05. The summed E-state index contributed by atoms with van der Waals surface area (Å²) in [6.07, 6.45) is 3.23. The quantitative estimate of drug-likeness (QED) is 0.710. The SMILES string of the molecule is [Fe][C]1=C(c2ccccc2)C(c2ccccc2)=CC1. The van der Waals surface area contributed by atoms with Gasteiger partial charge in [-0.05, 0) is 0 Å². The van der Waals surface area contributed by atoms with E-state index in [1.165, 1.54) is 26.7 Å². The topological polar surface area (TPSA) is 0 Å². The number of allylic oxidation sites excluding steroid dienone is 4. The van der Waals surface area contributed by atoms with E-state index in [0.29, 0.717) is 0 Å². The Bertz CT molecular complexity index is 607. The molecular weight excluding hydrogens is 260 g/mol. The van der Waals surface area contributed by atoms with Gasteiger partial charge in [0.2, 0.25) is 0 Å². The third-order valence-corrected chi connectivity index (χ3v) is 3.66. The van der Waals surface area contributed by atoms with Crippen LogP contribution in [-0.4, -0.2) is 0 Å². The first kappa shape index (κ1) is 11.5. The molecule has 0 spiro atoms. The first-order chi connectivity index (χ1) is 8.86. The molecule has 1 aliphatic rings. The van der Waals surface area contributed by atoms with Gasteiger partial charge in [0.25, 0.3) is 0 Å². The Labute approximate surface area is 116 Å². The summed E-state index contributed by atoms with van der Waals surface area (Å²) < 4.78 is 1.21. The molecule has 1 heteroatoms. The zero-order valence-corrected chi connectivity index (χ0v) is 11.0. The molecule has 0 atom stereocenters. The Morgan fingerprint density at radius 3 is 1.89 bits per heavy atom. The van der Waals surface area contributed by atoms with Crippen LogP contribution in [0.15, 0.2) is 71.2 Å². The van der Waals surface area contributed by atoms with Crippen molar-refractivity contribution in [3.8, 4) is 0 Å². The van der Waals surface area contributed by atoms with E-state index in [4.69, 9.17) is 0 Å². The van der Waals surface area contributed by atoms with Crippen LogP contribution in [0.1, 0.15) is 17.5 Å². The summed E-state index contributed by atoms with van der Waals surface area (Å²) in [5.41, 5.74) is 5.14. The predicted molar refractivity (Wildman–Crippen MR) is 72.4 cm³/mol. The van der Waals surface area contributed by atoms with Crippen molar-refractivity contribution in [2.45, 2.75) is 6.42 Å². The van der Waals surface area contributed by atoms with Gasteiger partial charge in [0.1, 0.15) is 0 Å². The van der Waals surface area contributed by atoms with Crippen LogP contribution in [0.2, 0.25) is 0 Å². The summed E-state index contributed by atoms with van der Waals surface area (Å²) in [7, 11) is 0. The molecule has 0 bridgehead atoms. The molecule has 0 saturated carbocycles. The van der Waals surface area contributed by atoms with Gasteiger partial charge in [0, 0.05) is 0 Å². The summed E-state index contributed by atoms with van der Waals surface area (Å²) in [6, 6.07) is 21.1. The molecule has 0 aliphatic heterocycles. The van der Waals surface area contributed by atoms with Crippen molar-refractivity contribution in [2.24, 2.45) is 0 Å². The molecule has 3 rings (SSSR count).